The lowest BCUT2D eigenvalue weighted by atomic mass is 9.44. The molecule has 0 aromatic heterocycles. The highest BCUT2D eigenvalue weighted by Crippen LogP contribution is 2.67. The van der Waals surface area contributed by atoms with E-state index in [0.717, 1.165) is 18.8 Å². The smallest absolute Gasteiger partial charge is 0.133 e. The molecule has 130 valence electrons. The lowest BCUT2D eigenvalue weighted by molar-refractivity contribution is -0.159. The summed E-state index contributed by atoms with van der Waals surface area (Å²) in [6.07, 6.45) is 11.0. The van der Waals surface area contributed by atoms with Gasteiger partial charge >= 0.3 is 0 Å². The molecule has 23 heavy (non-hydrogen) atoms. The number of ketones is 1. The zero-order valence-corrected chi connectivity index (χ0v) is 15.2. The van der Waals surface area contributed by atoms with E-state index in [0.29, 0.717) is 29.0 Å². The van der Waals surface area contributed by atoms with E-state index in [1.54, 1.807) is 6.92 Å². The van der Waals surface area contributed by atoms with Gasteiger partial charge in [0.05, 0.1) is 6.10 Å². The molecule has 2 nitrogen and oxygen atoms in total. The summed E-state index contributed by atoms with van der Waals surface area (Å²) < 4.78 is 0. The number of fused-ring (bicyclic) bond motifs is 5. The van der Waals surface area contributed by atoms with Crippen LogP contribution in [0.1, 0.15) is 78.6 Å². The predicted molar refractivity (Wildman–Crippen MR) is 91.9 cm³/mol. The highest BCUT2D eigenvalue weighted by molar-refractivity contribution is 5.79. The van der Waals surface area contributed by atoms with Crippen molar-refractivity contribution in [3.05, 3.63) is 0 Å². The Kier molecular flexibility index (Phi) is 3.72. The minimum atomic E-state index is -0.0970. The van der Waals surface area contributed by atoms with E-state index in [9.17, 15) is 9.90 Å². The monoisotopic (exact) mass is 318 g/mol. The first-order valence-electron chi connectivity index (χ1n) is 10.1. The summed E-state index contributed by atoms with van der Waals surface area (Å²) in [6, 6.07) is 0. The molecule has 1 N–H and O–H groups in total. The predicted octanol–water partition coefficient (Wildman–Crippen LogP) is 4.60. The first-order valence-corrected chi connectivity index (χ1v) is 10.1. The molecule has 4 rings (SSSR count). The van der Waals surface area contributed by atoms with Crippen molar-refractivity contribution in [1.82, 2.24) is 0 Å². The van der Waals surface area contributed by atoms with Gasteiger partial charge in [0.15, 0.2) is 0 Å². The number of carbonyl (C=O) groups excluding carboxylic acids is 1. The summed E-state index contributed by atoms with van der Waals surface area (Å²) in [4.78, 5) is 12.2. The molecule has 0 spiro atoms. The molecule has 0 aliphatic heterocycles. The van der Waals surface area contributed by atoms with Crippen molar-refractivity contribution < 1.29 is 9.90 Å². The Morgan fingerprint density at radius 3 is 2.39 bits per heavy atom. The molecule has 2 heteroatoms. The molecule has 0 aromatic carbocycles. The standard InChI is InChI=1S/C21H34O2/c1-13(22)15-7-8-16-14-12-19(23)18-6-4-5-10-20(18,2)17(14)9-11-21(15,16)3/h14-19,23H,4-12H2,1-3H3. The Hall–Kier alpha value is -0.370. The van der Waals surface area contributed by atoms with Gasteiger partial charge in [-0.1, -0.05) is 26.7 Å². The molecule has 8 unspecified atom stereocenters. The van der Waals surface area contributed by atoms with Crippen molar-refractivity contribution in [2.24, 2.45) is 40.4 Å². The van der Waals surface area contributed by atoms with Crippen LogP contribution in [0.3, 0.4) is 0 Å². The number of carbonyl (C=O) groups is 1. The Labute approximate surface area is 141 Å². The van der Waals surface area contributed by atoms with Crippen LogP contribution in [0.2, 0.25) is 0 Å². The summed E-state index contributed by atoms with van der Waals surface area (Å²) in [5, 5.41) is 10.9. The molecule has 4 aliphatic carbocycles. The van der Waals surface area contributed by atoms with Gasteiger partial charge in [0.1, 0.15) is 5.78 Å². The molecule has 4 fully saturated rings. The van der Waals surface area contributed by atoms with Crippen molar-refractivity contribution in [1.29, 1.82) is 0 Å². The van der Waals surface area contributed by atoms with Crippen LogP contribution >= 0.6 is 0 Å². The normalized spacial score (nSPS) is 55.7. The Morgan fingerprint density at radius 2 is 1.65 bits per heavy atom. The molecule has 0 saturated heterocycles. The van der Waals surface area contributed by atoms with E-state index in [1.807, 2.05) is 0 Å². The molecule has 0 heterocycles. The van der Waals surface area contributed by atoms with Gasteiger partial charge in [-0.25, -0.2) is 0 Å². The van der Waals surface area contributed by atoms with Gasteiger partial charge in [0.2, 0.25) is 0 Å². The zero-order valence-electron chi connectivity index (χ0n) is 15.2. The summed E-state index contributed by atoms with van der Waals surface area (Å²) in [5.74, 6) is 3.35. The van der Waals surface area contributed by atoms with Crippen LogP contribution in [0.4, 0.5) is 0 Å². The van der Waals surface area contributed by atoms with E-state index in [-0.39, 0.29) is 17.4 Å². The summed E-state index contributed by atoms with van der Waals surface area (Å²) in [7, 11) is 0. The molecule has 0 bridgehead atoms. The molecular weight excluding hydrogens is 284 g/mol. The van der Waals surface area contributed by atoms with Crippen LogP contribution in [0.25, 0.3) is 0 Å². The average Bonchev–Trinajstić information content (AvgIpc) is 2.85. The van der Waals surface area contributed by atoms with Gasteiger partial charge < -0.3 is 5.11 Å². The Balaban J connectivity index is 1.67. The number of aliphatic hydroxyl groups is 1. The molecule has 8 atom stereocenters. The van der Waals surface area contributed by atoms with Gasteiger partial charge in [-0.05, 0) is 86.4 Å². The molecule has 0 amide bonds. The Morgan fingerprint density at radius 1 is 0.913 bits per heavy atom. The summed E-state index contributed by atoms with van der Waals surface area (Å²) in [6.45, 7) is 6.70. The van der Waals surface area contributed by atoms with Gasteiger partial charge in [0.25, 0.3) is 0 Å². The first-order chi connectivity index (χ1) is 10.9. The van der Waals surface area contributed by atoms with E-state index in [4.69, 9.17) is 0 Å². The quantitative estimate of drug-likeness (QED) is 0.767. The molecule has 0 aromatic rings. The van der Waals surface area contributed by atoms with Crippen LogP contribution in [0.5, 0.6) is 0 Å². The van der Waals surface area contributed by atoms with Gasteiger partial charge in [-0.3, -0.25) is 4.79 Å². The van der Waals surface area contributed by atoms with E-state index in [2.05, 4.69) is 13.8 Å². The third-order valence-corrected chi connectivity index (χ3v) is 9.08. The lowest BCUT2D eigenvalue weighted by Crippen LogP contribution is -2.57. The van der Waals surface area contributed by atoms with Crippen molar-refractivity contribution in [2.75, 3.05) is 0 Å². The summed E-state index contributed by atoms with van der Waals surface area (Å²) >= 11 is 0. The minimum Gasteiger partial charge on any atom is -0.393 e. The fraction of sp³-hybridized carbons (Fsp3) is 0.952. The van der Waals surface area contributed by atoms with Gasteiger partial charge in [-0.2, -0.15) is 0 Å². The maximum Gasteiger partial charge on any atom is 0.133 e. The van der Waals surface area contributed by atoms with Crippen molar-refractivity contribution in [2.45, 2.75) is 84.7 Å². The molecular formula is C21H34O2. The van der Waals surface area contributed by atoms with Crippen LogP contribution in [-0.4, -0.2) is 17.0 Å². The number of hydrogen-bond acceptors (Lipinski definition) is 2. The average molecular weight is 319 g/mol. The maximum absolute atomic E-state index is 12.2. The highest BCUT2D eigenvalue weighted by atomic mass is 16.3. The largest absolute Gasteiger partial charge is 0.393 e. The topological polar surface area (TPSA) is 37.3 Å². The molecule has 4 saturated carbocycles. The number of hydrogen-bond donors (Lipinski definition) is 1. The summed E-state index contributed by atoms with van der Waals surface area (Å²) in [5.41, 5.74) is 0.570. The Bertz CT molecular complexity index is 500. The number of aliphatic hydroxyl groups excluding tert-OH is 1. The third kappa shape index (κ3) is 2.12. The SMILES string of the molecule is CC(=O)C1CCC2C3CC(O)C4CCCCC4(C)C3CCC12C. The molecule has 4 aliphatic rings. The lowest BCUT2D eigenvalue weighted by Gasteiger charge is -2.61. The van der Waals surface area contributed by atoms with Gasteiger partial charge in [0, 0.05) is 5.92 Å². The highest BCUT2D eigenvalue weighted by Gasteiger charge is 2.61. The van der Waals surface area contributed by atoms with Crippen molar-refractivity contribution >= 4 is 5.78 Å². The van der Waals surface area contributed by atoms with Crippen molar-refractivity contribution in [3.8, 4) is 0 Å². The second kappa shape index (κ2) is 5.31. The minimum absolute atomic E-state index is 0.0970. The van der Waals surface area contributed by atoms with Crippen molar-refractivity contribution in [3.63, 3.8) is 0 Å². The number of rotatable bonds is 1. The molecule has 0 radical (unpaired) electrons. The maximum atomic E-state index is 12.2. The first kappa shape index (κ1) is 16.1. The van der Waals surface area contributed by atoms with Crippen LogP contribution in [-0.2, 0) is 4.79 Å². The van der Waals surface area contributed by atoms with Crippen LogP contribution < -0.4 is 0 Å². The second-order valence-electron chi connectivity index (χ2n) is 9.82. The van der Waals surface area contributed by atoms with Crippen LogP contribution in [0.15, 0.2) is 0 Å². The fourth-order valence-electron chi connectivity index (χ4n) is 8.02. The second-order valence-corrected chi connectivity index (χ2v) is 9.82. The van der Waals surface area contributed by atoms with E-state index in [1.165, 1.54) is 44.9 Å². The number of Topliss-reactive ketones (excluding diaryl/α,β-unsaturated/α-hetero) is 1. The van der Waals surface area contributed by atoms with Crippen LogP contribution in [0, 0.1) is 40.4 Å². The van der Waals surface area contributed by atoms with Gasteiger partial charge in [-0.15, -0.1) is 0 Å². The fourth-order valence-corrected chi connectivity index (χ4v) is 8.02. The van der Waals surface area contributed by atoms with E-state index < -0.39 is 0 Å². The zero-order chi connectivity index (χ0) is 16.4. The third-order valence-electron chi connectivity index (χ3n) is 9.08. The van der Waals surface area contributed by atoms with E-state index >= 15 is 0 Å².